The second-order valence-corrected chi connectivity index (χ2v) is 4.60. The maximum Gasteiger partial charge on any atom is 0.00387 e. The van der Waals surface area contributed by atoms with Crippen molar-refractivity contribution < 1.29 is 0 Å². The lowest BCUT2D eigenvalue weighted by molar-refractivity contribution is 0.242. The number of hydrogen-bond acceptors (Lipinski definition) is 2. The van der Waals surface area contributed by atoms with Gasteiger partial charge in [0, 0.05) is 19.1 Å². The van der Waals surface area contributed by atoms with E-state index in [9.17, 15) is 0 Å². The summed E-state index contributed by atoms with van der Waals surface area (Å²) < 4.78 is 0. The number of rotatable bonds is 4. The zero-order chi connectivity index (χ0) is 9.84. The highest BCUT2D eigenvalue weighted by Gasteiger charge is 2.24. The van der Waals surface area contributed by atoms with E-state index in [4.69, 9.17) is 0 Å². The zero-order valence-corrected chi connectivity index (χ0v) is 9.58. The van der Waals surface area contributed by atoms with E-state index in [0.717, 1.165) is 12.0 Å². The third kappa shape index (κ3) is 3.28. The molecule has 0 aromatic heterocycles. The first-order valence-corrected chi connectivity index (χ1v) is 5.56. The fourth-order valence-corrected chi connectivity index (χ4v) is 2.05. The van der Waals surface area contributed by atoms with Crippen molar-refractivity contribution in [3.05, 3.63) is 0 Å². The SMILES string of the molecule is CCN(C)CC1CCN(C(C)C)C1. The van der Waals surface area contributed by atoms with Crippen molar-refractivity contribution in [3.63, 3.8) is 0 Å². The number of likely N-dealkylation sites (tertiary alicyclic amines) is 1. The highest BCUT2D eigenvalue weighted by Crippen LogP contribution is 2.18. The van der Waals surface area contributed by atoms with Crippen LogP contribution in [0.3, 0.4) is 0 Å². The first-order chi connectivity index (χ1) is 6.13. The molecule has 0 saturated carbocycles. The van der Waals surface area contributed by atoms with Crippen LogP contribution in [0.5, 0.6) is 0 Å². The molecule has 2 heteroatoms. The highest BCUT2D eigenvalue weighted by atomic mass is 15.2. The fraction of sp³-hybridized carbons (Fsp3) is 1.00. The van der Waals surface area contributed by atoms with Gasteiger partial charge in [-0.1, -0.05) is 6.92 Å². The second kappa shape index (κ2) is 4.97. The van der Waals surface area contributed by atoms with Gasteiger partial charge in [-0.15, -0.1) is 0 Å². The minimum Gasteiger partial charge on any atom is -0.306 e. The molecule has 1 atom stereocenters. The van der Waals surface area contributed by atoms with Crippen LogP contribution in [0.15, 0.2) is 0 Å². The minimum atomic E-state index is 0.733. The highest BCUT2D eigenvalue weighted by molar-refractivity contribution is 4.79. The Bertz CT molecular complexity index is 145. The molecule has 0 radical (unpaired) electrons. The molecule has 0 amide bonds. The smallest absolute Gasteiger partial charge is 0.00387 e. The first kappa shape index (κ1) is 11.0. The van der Waals surface area contributed by atoms with E-state index in [-0.39, 0.29) is 0 Å². The molecule has 78 valence electrons. The van der Waals surface area contributed by atoms with Gasteiger partial charge in [0.1, 0.15) is 0 Å². The van der Waals surface area contributed by atoms with Gasteiger partial charge >= 0.3 is 0 Å². The van der Waals surface area contributed by atoms with Crippen molar-refractivity contribution in [3.8, 4) is 0 Å². The van der Waals surface area contributed by atoms with Gasteiger partial charge < -0.3 is 9.80 Å². The van der Waals surface area contributed by atoms with E-state index < -0.39 is 0 Å². The molecule has 13 heavy (non-hydrogen) atoms. The molecular formula is C11H24N2. The summed E-state index contributed by atoms with van der Waals surface area (Å²) in [5.41, 5.74) is 0. The molecule has 1 fully saturated rings. The van der Waals surface area contributed by atoms with Gasteiger partial charge in [-0.05, 0) is 46.3 Å². The van der Waals surface area contributed by atoms with Gasteiger partial charge in [0.2, 0.25) is 0 Å². The predicted octanol–water partition coefficient (Wildman–Crippen LogP) is 1.67. The van der Waals surface area contributed by atoms with Crippen LogP contribution < -0.4 is 0 Å². The Morgan fingerprint density at radius 1 is 1.46 bits per heavy atom. The van der Waals surface area contributed by atoms with E-state index >= 15 is 0 Å². The molecule has 0 spiro atoms. The Kier molecular flexibility index (Phi) is 4.20. The van der Waals surface area contributed by atoms with Crippen LogP contribution in [0, 0.1) is 5.92 Å². The van der Waals surface area contributed by atoms with Crippen molar-refractivity contribution in [2.45, 2.75) is 33.2 Å². The second-order valence-electron chi connectivity index (χ2n) is 4.60. The molecule has 1 heterocycles. The average molecular weight is 184 g/mol. The summed E-state index contributed by atoms with van der Waals surface area (Å²) in [5, 5.41) is 0. The van der Waals surface area contributed by atoms with Gasteiger partial charge in [0.25, 0.3) is 0 Å². The maximum absolute atomic E-state index is 2.59. The third-order valence-electron chi connectivity index (χ3n) is 3.16. The van der Waals surface area contributed by atoms with Crippen LogP contribution in [-0.4, -0.2) is 49.1 Å². The molecule has 0 N–H and O–H groups in total. The summed E-state index contributed by atoms with van der Waals surface area (Å²) >= 11 is 0. The molecule has 2 nitrogen and oxygen atoms in total. The molecule has 0 aromatic rings. The molecule has 1 rings (SSSR count). The molecule has 1 aliphatic heterocycles. The average Bonchev–Trinajstić information content (AvgIpc) is 2.52. The molecule has 0 bridgehead atoms. The van der Waals surface area contributed by atoms with Crippen LogP contribution in [-0.2, 0) is 0 Å². The number of nitrogens with zero attached hydrogens (tertiary/aromatic N) is 2. The zero-order valence-electron chi connectivity index (χ0n) is 9.58. The third-order valence-corrected chi connectivity index (χ3v) is 3.16. The fourth-order valence-electron chi connectivity index (χ4n) is 2.05. The van der Waals surface area contributed by atoms with Crippen molar-refractivity contribution in [1.29, 1.82) is 0 Å². The predicted molar refractivity (Wildman–Crippen MR) is 58.0 cm³/mol. The normalized spacial score (nSPS) is 24.9. The van der Waals surface area contributed by atoms with Crippen LogP contribution in [0.1, 0.15) is 27.2 Å². The molecular weight excluding hydrogens is 160 g/mol. The van der Waals surface area contributed by atoms with E-state index in [1.165, 1.54) is 32.6 Å². The Balaban J connectivity index is 2.25. The summed E-state index contributed by atoms with van der Waals surface area (Å²) in [6.45, 7) is 11.9. The Morgan fingerprint density at radius 2 is 2.15 bits per heavy atom. The molecule has 1 unspecified atom stereocenters. The van der Waals surface area contributed by atoms with Crippen LogP contribution in [0.4, 0.5) is 0 Å². The Labute approximate surface area is 82.9 Å². The van der Waals surface area contributed by atoms with E-state index in [1.807, 2.05) is 0 Å². The minimum absolute atomic E-state index is 0.733. The summed E-state index contributed by atoms with van der Waals surface area (Å²) in [7, 11) is 2.22. The summed E-state index contributed by atoms with van der Waals surface area (Å²) in [5.74, 6) is 0.910. The monoisotopic (exact) mass is 184 g/mol. The van der Waals surface area contributed by atoms with E-state index in [1.54, 1.807) is 0 Å². The van der Waals surface area contributed by atoms with E-state index in [0.29, 0.717) is 0 Å². The van der Waals surface area contributed by atoms with Crippen LogP contribution in [0.2, 0.25) is 0 Å². The van der Waals surface area contributed by atoms with Gasteiger partial charge in [0.15, 0.2) is 0 Å². The lowest BCUT2D eigenvalue weighted by Gasteiger charge is -2.22. The topological polar surface area (TPSA) is 6.48 Å². The summed E-state index contributed by atoms with van der Waals surface area (Å²) in [6.07, 6.45) is 1.39. The Morgan fingerprint density at radius 3 is 2.62 bits per heavy atom. The first-order valence-electron chi connectivity index (χ1n) is 5.56. The van der Waals surface area contributed by atoms with Crippen molar-refractivity contribution in [2.24, 2.45) is 5.92 Å². The lowest BCUT2D eigenvalue weighted by Crippen LogP contribution is -2.31. The van der Waals surface area contributed by atoms with Crippen molar-refractivity contribution in [1.82, 2.24) is 9.80 Å². The van der Waals surface area contributed by atoms with Gasteiger partial charge in [-0.3, -0.25) is 0 Å². The standard InChI is InChI=1S/C11H24N2/c1-5-12(4)8-11-6-7-13(9-11)10(2)3/h10-11H,5-9H2,1-4H3. The number of hydrogen-bond donors (Lipinski definition) is 0. The van der Waals surface area contributed by atoms with Crippen molar-refractivity contribution >= 4 is 0 Å². The largest absolute Gasteiger partial charge is 0.306 e. The summed E-state index contributed by atoms with van der Waals surface area (Å²) in [4.78, 5) is 5.02. The maximum atomic E-state index is 2.59. The molecule has 0 aliphatic carbocycles. The summed E-state index contributed by atoms with van der Waals surface area (Å²) in [6, 6.07) is 0.733. The van der Waals surface area contributed by atoms with Crippen LogP contribution in [0.25, 0.3) is 0 Å². The quantitative estimate of drug-likeness (QED) is 0.656. The van der Waals surface area contributed by atoms with Gasteiger partial charge in [-0.25, -0.2) is 0 Å². The van der Waals surface area contributed by atoms with E-state index in [2.05, 4.69) is 37.6 Å². The van der Waals surface area contributed by atoms with Crippen LogP contribution >= 0.6 is 0 Å². The van der Waals surface area contributed by atoms with Gasteiger partial charge in [0.05, 0.1) is 0 Å². The molecule has 1 saturated heterocycles. The van der Waals surface area contributed by atoms with Crippen molar-refractivity contribution in [2.75, 3.05) is 33.2 Å². The Hall–Kier alpha value is -0.0800. The lowest BCUT2D eigenvalue weighted by atomic mass is 10.1. The van der Waals surface area contributed by atoms with Gasteiger partial charge in [-0.2, -0.15) is 0 Å². The molecule has 1 aliphatic rings. The molecule has 0 aromatic carbocycles.